The van der Waals surface area contributed by atoms with Gasteiger partial charge in [-0.1, -0.05) is 0 Å². The van der Waals surface area contributed by atoms with Crippen LogP contribution < -0.4 is 10.6 Å². The Kier molecular flexibility index (Phi) is 7.26. The van der Waals surface area contributed by atoms with Gasteiger partial charge in [0.05, 0.1) is 22.8 Å². The molecular weight excluding hydrogens is 448 g/mol. The van der Waals surface area contributed by atoms with Crippen LogP contribution in [-0.2, 0) is 11.3 Å². The average molecular weight is 483 g/mol. The number of ether oxygens (including phenoxy) is 1. The third kappa shape index (κ3) is 5.31. The van der Waals surface area contributed by atoms with Crippen LogP contribution in [0.1, 0.15) is 30.3 Å². The average Bonchev–Trinajstić information content (AvgIpc) is 3.54. The fraction of sp³-hybridized carbons (Fsp3) is 0.583. The number of aryl methyl sites for hydroxylation is 1. The minimum atomic E-state index is -0.235. The number of pyridine rings is 1. The minimum absolute atomic E-state index is 0.235. The molecule has 0 aromatic carbocycles. The first-order chi connectivity index (χ1) is 17.1. The van der Waals surface area contributed by atoms with Crippen molar-refractivity contribution < 1.29 is 13.9 Å². The molecule has 5 heterocycles. The summed E-state index contributed by atoms with van der Waals surface area (Å²) in [7, 11) is 2.13. The van der Waals surface area contributed by atoms with Gasteiger partial charge >= 0.3 is 0 Å². The molecule has 2 aliphatic rings. The zero-order valence-electron chi connectivity index (χ0n) is 20.5. The molecule has 0 aliphatic carbocycles. The number of hydrogen-bond donors (Lipinski definition) is 2. The van der Waals surface area contributed by atoms with Crippen LogP contribution in [0.3, 0.4) is 0 Å². The second-order valence-electron chi connectivity index (χ2n) is 9.21. The number of piperazine rings is 1. The number of carbonyl (C=O) groups excluding carboxylic acids is 1. The van der Waals surface area contributed by atoms with Gasteiger partial charge in [0, 0.05) is 71.3 Å². The van der Waals surface area contributed by atoms with E-state index in [4.69, 9.17) is 9.15 Å². The van der Waals surface area contributed by atoms with Gasteiger partial charge in [0.15, 0.2) is 11.3 Å². The summed E-state index contributed by atoms with van der Waals surface area (Å²) in [4.78, 5) is 26.5. The molecule has 0 radical (unpaired) electrons. The quantitative estimate of drug-likeness (QED) is 0.495. The maximum atomic E-state index is 12.7. The summed E-state index contributed by atoms with van der Waals surface area (Å²) < 4.78 is 13.2. The Morgan fingerprint density at radius 3 is 2.74 bits per heavy atom. The van der Waals surface area contributed by atoms with Crippen molar-refractivity contribution in [1.82, 2.24) is 34.9 Å². The van der Waals surface area contributed by atoms with Crippen LogP contribution in [0.2, 0.25) is 0 Å². The molecule has 188 valence electrons. The molecule has 3 aromatic rings. The van der Waals surface area contributed by atoms with Crippen molar-refractivity contribution in [3.8, 4) is 11.5 Å². The molecule has 11 nitrogen and oxygen atoms in total. The van der Waals surface area contributed by atoms with Crippen LogP contribution in [0.4, 0.5) is 5.69 Å². The lowest BCUT2D eigenvalue weighted by atomic mass is 10.1. The fourth-order valence-corrected chi connectivity index (χ4v) is 4.61. The smallest absolute Gasteiger partial charge is 0.273 e. The van der Waals surface area contributed by atoms with Crippen LogP contribution in [0.25, 0.3) is 22.5 Å². The molecular formula is C24H34N8O3. The first kappa shape index (κ1) is 23.7. The van der Waals surface area contributed by atoms with Crippen molar-refractivity contribution in [3.05, 3.63) is 24.4 Å². The third-order valence-electron chi connectivity index (χ3n) is 6.81. The number of hydrogen-bond acceptors (Lipinski definition) is 9. The molecule has 5 rings (SSSR count). The summed E-state index contributed by atoms with van der Waals surface area (Å²) in [6.07, 6.45) is 6.82. The molecule has 2 saturated heterocycles. The summed E-state index contributed by atoms with van der Waals surface area (Å²) in [5.41, 5.74) is 2.67. The third-order valence-corrected chi connectivity index (χ3v) is 6.81. The first-order valence-corrected chi connectivity index (χ1v) is 12.5. The van der Waals surface area contributed by atoms with E-state index in [-0.39, 0.29) is 17.6 Å². The van der Waals surface area contributed by atoms with Crippen LogP contribution in [0.5, 0.6) is 0 Å². The van der Waals surface area contributed by atoms with E-state index in [1.807, 2.05) is 17.8 Å². The molecule has 2 fully saturated rings. The van der Waals surface area contributed by atoms with E-state index in [0.717, 1.165) is 87.6 Å². The van der Waals surface area contributed by atoms with Gasteiger partial charge in [-0.25, -0.2) is 14.6 Å². The second-order valence-corrected chi connectivity index (χ2v) is 9.21. The van der Waals surface area contributed by atoms with Crippen LogP contribution in [-0.4, -0.2) is 101 Å². The highest BCUT2D eigenvalue weighted by atomic mass is 16.5. The lowest BCUT2D eigenvalue weighted by Crippen LogP contribution is -2.46. The van der Waals surface area contributed by atoms with Crippen LogP contribution >= 0.6 is 0 Å². The summed E-state index contributed by atoms with van der Waals surface area (Å²) in [5, 5.41) is 12.0. The zero-order chi connectivity index (χ0) is 24.2. The van der Waals surface area contributed by atoms with Crippen molar-refractivity contribution in [2.24, 2.45) is 0 Å². The summed E-state index contributed by atoms with van der Waals surface area (Å²) in [6, 6.07) is 0.269. The zero-order valence-corrected chi connectivity index (χ0v) is 20.5. The molecule has 2 aliphatic heterocycles. The van der Waals surface area contributed by atoms with E-state index < -0.39 is 0 Å². The van der Waals surface area contributed by atoms with Crippen LogP contribution in [0, 0.1) is 0 Å². The van der Waals surface area contributed by atoms with E-state index in [2.05, 4.69) is 42.5 Å². The van der Waals surface area contributed by atoms with Gasteiger partial charge in [0.1, 0.15) is 6.26 Å². The Morgan fingerprint density at radius 1 is 1.17 bits per heavy atom. The Balaban J connectivity index is 1.32. The Hall–Kier alpha value is -3.02. The van der Waals surface area contributed by atoms with Crippen molar-refractivity contribution >= 4 is 22.6 Å². The minimum Gasteiger partial charge on any atom is -0.443 e. The molecule has 0 unspecified atom stereocenters. The first-order valence-electron chi connectivity index (χ1n) is 12.5. The predicted octanol–water partition coefficient (Wildman–Crippen LogP) is 1.67. The second kappa shape index (κ2) is 10.7. The fourth-order valence-electron chi connectivity index (χ4n) is 4.61. The maximum absolute atomic E-state index is 12.7. The van der Waals surface area contributed by atoms with Crippen molar-refractivity contribution in [1.29, 1.82) is 0 Å². The molecule has 0 spiro atoms. The number of aromatic nitrogens is 4. The highest BCUT2D eigenvalue weighted by molar-refractivity contribution is 5.97. The van der Waals surface area contributed by atoms with E-state index in [1.54, 1.807) is 6.20 Å². The normalized spacial score (nSPS) is 18.2. The number of oxazole rings is 1. The van der Waals surface area contributed by atoms with Gasteiger partial charge < -0.3 is 24.7 Å². The van der Waals surface area contributed by atoms with Crippen molar-refractivity contribution in [3.63, 3.8) is 0 Å². The van der Waals surface area contributed by atoms with Crippen molar-refractivity contribution in [2.45, 2.75) is 32.4 Å². The number of carbonyl (C=O) groups is 1. The van der Waals surface area contributed by atoms with E-state index in [9.17, 15) is 4.79 Å². The van der Waals surface area contributed by atoms with Gasteiger partial charge in [-0.2, -0.15) is 5.10 Å². The molecule has 0 atom stereocenters. The van der Waals surface area contributed by atoms with Crippen LogP contribution in [0.15, 0.2) is 23.1 Å². The summed E-state index contributed by atoms with van der Waals surface area (Å²) in [5.74, 6) is 0.128. The Morgan fingerprint density at radius 2 is 1.97 bits per heavy atom. The lowest BCUT2D eigenvalue weighted by Gasteiger charge is -2.32. The summed E-state index contributed by atoms with van der Waals surface area (Å²) >= 11 is 0. The predicted molar refractivity (Wildman–Crippen MR) is 132 cm³/mol. The molecule has 11 heteroatoms. The molecule has 1 amide bonds. The van der Waals surface area contributed by atoms with E-state index in [1.165, 1.54) is 6.26 Å². The summed E-state index contributed by atoms with van der Waals surface area (Å²) in [6.45, 7) is 9.78. The van der Waals surface area contributed by atoms with Crippen molar-refractivity contribution in [2.75, 3.05) is 64.8 Å². The highest BCUT2D eigenvalue weighted by Crippen LogP contribution is 2.34. The van der Waals surface area contributed by atoms with Gasteiger partial charge in [0.2, 0.25) is 5.89 Å². The van der Waals surface area contributed by atoms with Gasteiger partial charge in [-0.3, -0.25) is 9.69 Å². The molecule has 3 aromatic heterocycles. The monoisotopic (exact) mass is 482 g/mol. The van der Waals surface area contributed by atoms with E-state index in [0.29, 0.717) is 12.4 Å². The molecule has 0 bridgehead atoms. The number of fused-ring (bicyclic) bond motifs is 1. The van der Waals surface area contributed by atoms with E-state index >= 15 is 0 Å². The maximum Gasteiger partial charge on any atom is 0.273 e. The molecule has 2 N–H and O–H groups in total. The topological polar surface area (TPSA) is 114 Å². The highest BCUT2D eigenvalue weighted by Gasteiger charge is 2.23. The SMILES string of the molecule is CCn1ncc2c(NC3CCOCC3)c(-c3nc(C(=O)NCCN4CCN(C)CC4)co3)cnc21. The number of nitrogens with zero attached hydrogens (tertiary/aromatic N) is 6. The van der Waals surface area contributed by atoms with Gasteiger partial charge in [-0.05, 0) is 26.8 Å². The Labute approximate surface area is 204 Å². The molecule has 0 saturated carbocycles. The largest absolute Gasteiger partial charge is 0.443 e. The number of likely N-dealkylation sites (N-methyl/N-ethyl adjacent to an activating group) is 1. The standard InChI is InChI=1S/C24H34N8O3/c1-3-32-22-18(15-27-32)21(28-17-4-12-34-13-5-17)19(14-26-22)24-29-20(16-35-24)23(33)25-6-7-31-10-8-30(2)9-11-31/h14-17H,3-13H2,1-2H3,(H,25,33)(H,26,28). The number of rotatable bonds is 8. The van der Waals surface area contributed by atoms with Gasteiger partial charge in [0.25, 0.3) is 5.91 Å². The van der Waals surface area contributed by atoms with Gasteiger partial charge in [-0.15, -0.1) is 0 Å². The number of nitrogens with one attached hydrogen (secondary N) is 2. The Bertz CT molecular complexity index is 1150. The number of anilines is 1. The molecule has 35 heavy (non-hydrogen) atoms. The number of amides is 1. The lowest BCUT2D eigenvalue weighted by molar-refractivity contribution is 0.0904.